The predicted molar refractivity (Wildman–Crippen MR) is 92.7 cm³/mol. The van der Waals surface area contributed by atoms with E-state index in [1.165, 1.54) is 16.9 Å². The Bertz CT molecular complexity index is 364. The van der Waals surface area contributed by atoms with Gasteiger partial charge in [0, 0.05) is 17.8 Å². The van der Waals surface area contributed by atoms with Gasteiger partial charge in [-0.3, -0.25) is 0 Å². The van der Waals surface area contributed by atoms with Gasteiger partial charge in [0.2, 0.25) is 0 Å². The smallest absolute Gasteiger partial charge is 0.0332 e. The van der Waals surface area contributed by atoms with E-state index in [1.807, 2.05) is 11.8 Å². The zero-order chi connectivity index (χ0) is 15.0. The SMILES string of the molecule is CCNC(CCN(C)C(C)CSC)c1ccc(C)cc1. The van der Waals surface area contributed by atoms with E-state index in [0.29, 0.717) is 12.1 Å². The van der Waals surface area contributed by atoms with Crippen LogP contribution in [0, 0.1) is 6.92 Å². The number of hydrogen-bond acceptors (Lipinski definition) is 3. The van der Waals surface area contributed by atoms with Crippen molar-refractivity contribution in [1.29, 1.82) is 0 Å². The molecule has 0 aliphatic heterocycles. The standard InChI is InChI=1S/C17H30N2S/c1-6-18-17(16-9-7-14(2)8-10-16)11-12-19(4)15(3)13-20-5/h7-10,15,17-18H,6,11-13H2,1-5H3. The fourth-order valence-corrected chi connectivity index (χ4v) is 3.09. The van der Waals surface area contributed by atoms with E-state index in [-0.39, 0.29) is 0 Å². The van der Waals surface area contributed by atoms with Gasteiger partial charge in [0.25, 0.3) is 0 Å². The Morgan fingerprint density at radius 3 is 2.45 bits per heavy atom. The van der Waals surface area contributed by atoms with Crippen molar-refractivity contribution in [3.05, 3.63) is 35.4 Å². The third kappa shape index (κ3) is 5.86. The van der Waals surface area contributed by atoms with Gasteiger partial charge in [-0.25, -0.2) is 0 Å². The molecule has 2 atom stereocenters. The molecule has 2 nitrogen and oxygen atoms in total. The minimum absolute atomic E-state index is 0.463. The summed E-state index contributed by atoms with van der Waals surface area (Å²) in [6.45, 7) is 8.78. The van der Waals surface area contributed by atoms with Gasteiger partial charge in [-0.1, -0.05) is 36.8 Å². The topological polar surface area (TPSA) is 15.3 Å². The van der Waals surface area contributed by atoms with E-state index >= 15 is 0 Å². The molecule has 1 rings (SSSR count). The minimum atomic E-state index is 0.463. The highest BCUT2D eigenvalue weighted by Gasteiger charge is 2.13. The lowest BCUT2D eigenvalue weighted by molar-refractivity contribution is 0.260. The second-order valence-electron chi connectivity index (χ2n) is 5.59. The normalized spacial score (nSPS) is 14.5. The highest BCUT2D eigenvalue weighted by atomic mass is 32.2. The molecule has 3 heteroatoms. The Hall–Kier alpha value is -0.510. The highest BCUT2D eigenvalue weighted by molar-refractivity contribution is 7.98. The molecule has 1 aromatic carbocycles. The lowest BCUT2D eigenvalue weighted by Gasteiger charge is -2.27. The van der Waals surface area contributed by atoms with Gasteiger partial charge >= 0.3 is 0 Å². The summed E-state index contributed by atoms with van der Waals surface area (Å²) in [7, 11) is 2.24. The maximum absolute atomic E-state index is 3.61. The molecule has 1 N–H and O–H groups in total. The molecule has 0 aromatic heterocycles. The van der Waals surface area contributed by atoms with Gasteiger partial charge < -0.3 is 10.2 Å². The van der Waals surface area contributed by atoms with Gasteiger partial charge in [0.05, 0.1) is 0 Å². The first-order valence-electron chi connectivity index (χ1n) is 7.57. The Balaban J connectivity index is 2.57. The number of thioether (sulfide) groups is 1. The molecule has 0 aliphatic carbocycles. The molecule has 20 heavy (non-hydrogen) atoms. The second-order valence-corrected chi connectivity index (χ2v) is 6.51. The van der Waals surface area contributed by atoms with E-state index in [0.717, 1.165) is 19.5 Å². The number of nitrogens with zero attached hydrogens (tertiary/aromatic N) is 1. The molecular formula is C17H30N2S. The van der Waals surface area contributed by atoms with Gasteiger partial charge in [0.1, 0.15) is 0 Å². The van der Waals surface area contributed by atoms with Crippen molar-refractivity contribution in [2.45, 2.75) is 39.3 Å². The summed E-state index contributed by atoms with van der Waals surface area (Å²) < 4.78 is 0. The lowest BCUT2D eigenvalue weighted by atomic mass is 10.0. The van der Waals surface area contributed by atoms with E-state index in [9.17, 15) is 0 Å². The fraction of sp³-hybridized carbons (Fsp3) is 0.647. The summed E-state index contributed by atoms with van der Waals surface area (Å²) in [5.74, 6) is 1.20. The molecule has 0 fully saturated rings. The summed E-state index contributed by atoms with van der Waals surface area (Å²) in [5, 5.41) is 3.61. The van der Waals surface area contributed by atoms with Crippen molar-refractivity contribution in [3.8, 4) is 0 Å². The maximum atomic E-state index is 3.61. The van der Waals surface area contributed by atoms with Gasteiger partial charge in [0.15, 0.2) is 0 Å². The maximum Gasteiger partial charge on any atom is 0.0332 e. The largest absolute Gasteiger partial charge is 0.310 e. The van der Waals surface area contributed by atoms with Crippen LogP contribution in [-0.4, -0.2) is 43.1 Å². The van der Waals surface area contributed by atoms with Crippen LogP contribution in [0.3, 0.4) is 0 Å². The van der Waals surface area contributed by atoms with Crippen LogP contribution in [0.5, 0.6) is 0 Å². The van der Waals surface area contributed by atoms with Crippen LogP contribution in [0.2, 0.25) is 0 Å². The Morgan fingerprint density at radius 1 is 1.25 bits per heavy atom. The average molecular weight is 295 g/mol. The summed E-state index contributed by atoms with van der Waals surface area (Å²) in [6, 6.07) is 10.0. The van der Waals surface area contributed by atoms with E-state index < -0.39 is 0 Å². The third-order valence-corrected chi connectivity index (χ3v) is 4.68. The summed E-state index contributed by atoms with van der Waals surface area (Å²) >= 11 is 1.92. The van der Waals surface area contributed by atoms with Crippen LogP contribution in [0.15, 0.2) is 24.3 Å². The first-order chi connectivity index (χ1) is 9.58. The van der Waals surface area contributed by atoms with Crippen molar-refractivity contribution in [3.63, 3.8) is 0 Å². The van der Waals surface area contributed by atoms with Crippen molar-refractivity contribution >= 4 is 11.8 Å². The molecule has 0 radical (unpaired) electrons. The van der Waals surface area contributed by atoms with Crippen molar-refractivity contribution in [1.82, 2.24) is 10.2 Å². The van der Waals surface area contributed by atoms with Crippen LogP contribution in [-0.2, 0) is 0 Å². The first kappa shape index (κ1) is 17.5. The molecule has 2 unspecified atom stereocenters. The molecule has 0 bridgehead atoms. The highest BCUT2D eigenvalue weighted by Crippen LogP contribution is 2.18. The fourth-order valence-electron chi connectivity index (χ4n) is 2.35. The first-order valence-corrected chi connectivity index (χ1v) is 8.97. The number of benzene rings is 1. The summed E-state index contributed by atoms with van der Waals surface area (Å²) in [5.41, 5.74) is 2.73. The van der Waals surface area contributed by atoms with E-state index in [4.69, 9.17) is 0 Å². The van der Waals surface area contributed by atoms with Gasteiger partial charge in [-0.05, 0) is 52.2 Å². The predicted octanol–water partition coefficient (Wildman–Crippen LogP) is 3.72. The van der Waals surface area contributed by atoms with Crippen LogP contribution in [0.4, 0.5) is 0 Å². The average Bonchev–Trinajstić information content (AvgIpc) is 2.44. The van der Waals surface area contributed by atoms with Crippen LogP contribution >= 0.6 is 11.8 Å². The number of nitrogens with one attached hydrogen (secondary N) is 1. The molecule has 0 heterocycles. The summed E-state index contributed by atoms with van der Waals surface area (Å²) in [4.78, 5) is 2.47. The molecule has 0 amide bonds. The zero-order valence-corrected chi connectivity index (χ0v) is 14.5. The summed E-state index contributed by atoms with van der Waals surface area (Å²) in [6.07, 6.45) is 3.34. The molecule has 0 saturated carbocycles. The molecule has 0 saturated heterocycles. The van der Waals surface area contributed by atoms with Crippen LogP contribution in [0.1, 0.15) is 37.4 Å². The van der Waals surface area contributed by atoms with E-state index in [2.05, 4.69) is 68.6 Å². The number of aryl methyl sites for hydroxylation is 1. The van der Waals surface area contributed by atoms with Crippen LogP contribution < -0.4 is 5.32 Å². The molecular weight excluding hydrogens is 264 g/mol. The number of hydrogen-bond donors (Lipinski definition) is 1. The van der Waals surface area contributed by atoms with E-state index in [1.54, 1.807) is 0 Å². The number of rotatable bonds is 9. The second kappa shape index (κ2) is 9.43. The van der Waals surface area contributed by atoms with Crippen molar-refractivity contribution < 1.29 is 0 Å². The third-order valence-electron chi connectivity index (χ3n) is 3.86. The monoisotopic (exact) mass is 294 g/mol. The lowest BCUT2D eigenvalue weighted by Crippen LogP contribution is -2.34. The van der Waals surface area contributed by atoms with Crippen molar-refractivity contribution in [2.24, 2.45) is 0 Å². The molecule has 114 valence electrons. The van der Waals surface area contributed by atoms with Gasteiger partial charge in [-0.15, -0.1) is 0 Å². The quantitative estimate of drug-likeness (QED) is 0.747. The van der Waals surface area contributed by atoms with Gasteiger partial charge in [-0.2, -0.15) is 11.8 Å². The Kier molecular flexibility index (Phi) is 8.27. The minimum Gasteiger partial charge on any atom is -0.310 e. The Labute approximate surface area is 129 Å². The van der Waals surface area contributed by atoms with Crippen LogP contribution in [0.25, 0.3) is 0 Å². The molecule has 1 aromatic rings. The Morgan fingerprint density at radius 2 is 1.90 bits per heavy atom. The van der Waals surface area contributed by atoms with Crippen molar-refractivity contribution in [2.75, 3.05) is 32.1 Å². The zero-order valence-electron chi connectivity index (χ0n) is 13.6. The molecule has 0 aliphatic rings. The molecule has 0 spiro atoms.